The molecule has 0 bridgehead atoms. The van der Waals surface area contributed by atoms with Gasteiger partial charge in [-0.25, -0.2) is 27.2 Å². The van der Waals surface area contributed by atoms with Crippen molar-refractivity contribution in [2.45, 2.75) is 36.9 Å². The smallest absolute Gasteiger partial charge is 0.393 e. The monoisotopic (exact) mass is 416 g/mol. The van der Waals surface area contributed by atoms with E-state index in [4.69, 9.17) is 0 Å². The average Bonchev–Trinajstić information content (AvgIpc) is 2.43. The fourth-order valence-electron chi connectivity index (χ4n) is 0.847. The topological polar surface area (TPSA) is 52.6 Å². The zero-order valence-corrected chi connectivity index (χ0v) is 11.5. The zero-order valence-electron chi connectivity index (χ0n) is 11.5. The summed E-state index contributed by atoms with van der Waals surface area (Å²) in [7, 11) is 0. The molecule has 16 heteroatoms. The van der Waals surface area contributed by atoms with Crippen LogP contribution in [-0.2, 0) is 19.1 Å². The second kappa shape index (κ2) is 7.61. The molecule has 0 atom stereocenters. The van der Waals surface area contributed by atoms with E-state index in [-0.39, 0.29) is 0 Å². The molecule has 0 saturated heterocycles. The summed E-state index contributed by atoms with van der Waals surface area (Å²) in [5, 5.41) is 0. The molecular formula is C10H4F12O4. The Morgan fingerprint density at radius 3 is 1.04 bits per heavy atom. The third-order valence-corrected chi connectivity index (χ3v) is 2.14. The van der Waals surface area contributed by atoms with Gasteiger partial charge in [-0.3, -0.25) is 0 Å². The Morgan fingerprint density at radius 1 is 0.615 bits per heavy atom. The van der Waals surface area contributed by atoms with Crippen molar-refractivity contribution in [2.75, 3.05) is 0 Å². The van der Waals surface area contributed by atoms with Crippen LogP contribution in [0.5, 0.6) is 0 Å². The lowest BCUT2D eigenvalue weighted by atomic mass is 10.3. The van der Waals surface area contributed by atoms with Gasteiger partial charge in [0.25, 0.3) is 0 Å². The van der Waals surface area contributed by atoms with E-state index in [9.17, 15) is 62.3 Å². The number of carbonyl (C=O) groups excluding carboxylic acids is 2. The molecule has 0 N–H and O–H groups in total. The summed E-state index contributed by atoms with van der Waals surface area (Å²) >= 11 is 0. The highest BCUT2D eigenvalue weighted by Gasteiger charge is 2.67. The van der Waals surface area contributed by atoms with Crippen molar-refractivity contribution in [3.8, 4) is 0 Å². The second-order valence-corrected chi connectivity index (χ2v) is 4.06. The van der Waals surface area contributed by atoms with E-state index < -0.39 is 61.0 Å². The molecule has 0 radical (unpaired) electrons. The van der Waals surface area contributed by atoms with Crippen molar-refractivity contribution in [3.63, 3.8) is 0 Å². The number of alkyl halides is 12. The van der Waals surface area contributed by atoms with Gasteiger partial charge in [-0.15, -0.1) is 0 Å². The van der Waals surface area contributed by atoms with E-state index in [1.165, 1.54) is 0 Å². The van der Waals surface area contributed by atoms with Crippen LogP contribution < -0.4 is 0 Å². The first-order valence-corrected chi connectivity index (χ1v) is 5.60. The van der Waals surface area contributed by atoms with Crippen LogP contribution in [0.3, 0.4) is 0 Å². The maximum atomic E-state index is 12.6. The van der Waals surface area contributed by atoms with E-state index >= 15 is 0 Å². The highest BCUT2D eigenvalue weighted by atomic mass is 19.4. The quantitative estimate of drug-likeness (QED) is 0.345. The number of hydrogen-bond acceptors (Lipinski definition) is 4. The molecule has 0 aromatic carbocycles. The molecule has 0 fully saturated rings. The third-order valence-electron chi connectivity index (χ3n) is 2.14. The Morgan fingerprint density at radius 2 is 0.846 bits per heavy atom. The van der Waals surface area contributed by atoms with Gasteiger partial charge in [0.2, 0.25) is 0 Å². The molecule has 0 aliphatic rings. The minimum atomic E-state index is -6.18. The van der Waals surface area contributed by atoms with Crippen LogP contribution in [0.2, 0.25) is 0 Å². The standard InChI is InChI=1S/C10H4F12O4/c11-5(12)7(15,16)9(19,20)25-3(23)1-2-4(24)26-10(21,22)8(17,18)6(13)14/h1-2,5-6H. The Hall–Kier alpha value is -2.16. The number of esters is 2. The molecule has 0 rings (SSSR count). The van der Waals surface area contributed by atoms with Gasteiger partial charge in [0.1, 0.15) is 0 Å². The Kier molecular flexibility index (Phi) is 6.98. The van der Waals surface area contributed by atoms with Gasteiger partial charge in [0.05, 0.1) is 0 Å². The van der Waals surface area contributed by atoms with Crippen molar-refractivity contribution in [1.82, 2.24) is 0 Å². The molecule has 0 aromatic heterocycles. The van der Waals surface area contributed by atoms with Crippen molar-refractivity contribution in [2.24, 2.45) is 0 Å². The molecule has 0 unspecified atom stereocenters. The summed E-state index contributed by atoms with van der Waals surface area (Å²) in [6, 6.07) is 0. The Bertz CT molecular complexity index is 508. The maximum Gasteiger partial charge on any atom is 0.472 e. The molecule has 0 aliphatic heterocycles. The van der Waals surface area contributed by atoms with Crippen LogP contribution in [0, 0.1) is 0 Å². The van der Waals surface area contributed by atoms with Crippen LogP contribution in [0.15, 0.2) is 12.2 Å². The largest absolute Gasteiger partial charge is 0.472 e. The molecule has 0 amide bonds. The van der Waals surface area contributed by atoms with E-state index in [1.54, 1.807) is 0 Å². The van der Waals surface area contributed by atoms with Gasteiger partial charge in [0.15, 0.2) is 0 Å². The summed E-state index contributed by atoms with van der Waals surface area (Å²) in [5.41, 5.74) is 0. The van der Waals surface area contributed by atoms with Gasteiger partial charge < -0.3 is 9.47 Å². The van der Waals surface area contributed by atoms with E-state index in [1.807, 2.05) is 0 Å². The minimum absolute atomic E-state index is 0.672. The first-order valence-electron chi connectivity index (χ1n) is 5.60. The molecule has 26 heavy (non-hydrogen) atoms. The average molecular weight is 416 g/mol. The Labute approximate surface area is 134 Å². The van der Waals surface area contributed by atoms with E-state index in [2.05, 4.69) is 9.47 Å². The van der Waals surface area contributed by atoms with Crippen molar-refractivity contribution in [1.29, 1.82) is 0 Å². The predicted molar refractivity (Wildman–Crippen MR) is 53.1 cm³/mol. The van der Waals surface area contributed by atoms with Crippen LogP contribution in [0.4, 0.5) is 52.7 Å². The van der Waals surface area contributed by atoms with Gasteiger partial charge in [-0.05, 0) is 0 Å². The summed E-state index contributed by atoms with van der Waals surface area (Å²) in [6.45, 7) is 0. The van der Waals surface area contributed by atoms with Crippen molar-refractivity contribution < 1.29 is 71.7 Å². The summed E-state index contributed by atoms with van der Waals surface area (Å²) < 4.78 is 152. The molecule has 0 aliphatic carbocycles. The number of ether oxygens (including phenoxy) is 2. The van der Waals surface area contributed by atoms with Gasteiger partial charge in [-0.2, -0.15) is 35.1 Å². The van der Waals surface area contributed by atoms with E-state index in [0.717, 1.165) is 0 Å². The van der Waals surface area contributed by atoms with Crippen LogP contribution >= 0.6 is 0 Å². The lowest BCUT2D eigenvalue weighted by Gasteiger charge is -2.24. The van der Waals surface area contributed by atoms with Crippen LogP contribution in [-0.4, -0.2) is 48.9 Å². The first kappa shape index (κ1) is 23.8. The van der Waals surface area contributed by atoms with Gasteiger partial charge >= 0.3 is 48.9 Å². The van der Waals surface area contributed by atoms with Crippen molar-refractivity contribution >= 4 is 11.9 Å². The zero-order chi connectivity index (χ0) is 21.1. The van der Waals surface area contributed by atoms with Crippen molar-refractivity contribution in [3.05, 3.63) is 12.2 Å². The number of hydrogen-bond donors (Lipinski definition) is 0. The SMILES string of the molecule is O=C(C=CC(=O)OC(F)(F)C(F)(F)C(F)F)OC(F)(F)C(F)(F)C(F)F. The lowest BCUT2D eigenvalue weighted by molar-refractivity contribution is -0.358. The molecular weight excluding hydrogens is 412 g/mol. The minimum Gasteiger partial charge on any atom is -0.393 e. The molecule has 4 nitrogen and oxygen atoms in total. The summed E-state index contributed by atoms with van der Waals surface area (Å²) in [5.74, 6) is -17.7. The highest BCUT2D eigenvalue weighted by molar-refractivity contribution is 5.91. The third kappa shape index (κ3) is 5.17. The lowest BCUT2D eigenvalue weighted by Crippen LogP contribution is -2.49. The molecule has 0 heterocycles. The van der Waals surface area contributed by atoms with Crippen LogP contribution in [0.1, 0.15) is 0 Å². The first-order chi connectivity index (χ1) is 11.4. The highest BCUT2D eigenvalue weighted by Crippen LogP contribution is 2.41. The predicted octanol–water partition coefficient (Wildman–Crippen LogP) is 3.62. The normalized spacial score (nSPS) is 14.2. The number of rotatable bonds is 8. The maximum absolute atomic E-state index is 12.6. The van der Waals surface area contributed by atoms with Gasteiger partial charge in [-0.1, -0.05) is 0 Å². The van der Waals surface area contributed by atoms with Gasteiger partial charge in [0, 0.05) is 12.2 Å². The van der Waals surface area contributed by atoms with E-state index in [0.29, 0.717) is 0 Å². The Balaban J connectivity index is 5.03. The second-order valence-electron chi connectivity index (χ2n) is 4.06. The molecule has 0 spiro atoms. The summed E-state index contributed by atoms with van der Waals surface area (Å²) in [6.07, 6.45) is -23.6. The molecule has 0 aromatic rings. The molecule has 152 valence electrons. The molecule has 0 saturated carbocycles. The van der Waals surface area contributed by atoms with Crippen LogP contribution in [0.25, 0.3) is 0 Å². The fraction of sp³-hybridized carbons (Fsp3) is 0.600. The number of carbonyl (C=O) groups is 2. The fourth-order valence-corrected chi connectivity index (χ4v) is 0.847. The summed E-state index contributed by atoms with van der Waals surface area (Å²) in [4.78, 5) is 21.3. The number of halogens is 12.